The second kappa shape index (κ2) is 14.2. The van der Waals surface area contributed by atoms with Gasteiger partial charge in [0.15, 0.2) is 0 Å². The van der Waals surface area contributed by atoms with Crippen molar-refractivity contribution in [3.63, 3.8) is 0 Å². The predicted octanol–water partition coefficient (Wildman–Crippen LogP) is 5.74. The zero-order valence-electron chi connectivity index (χ0n) is 31.0. The van der Waals surface area contributed by atoms with Crippen LogP contribution in [0, 0.1) is 11.3 Å². The van der Waals surface area contributed by atoms with Crippen LogP contribution in [0.25, 0.3) is 22.2 Å². The van der Waals surface area contributed by atoms with Gasteiger partial charge >= 0.3 is 13.7 Å². The number of likely N-dealkylation sites (tertiary alicyclic amines) is 1. The van der Waals surface area contributed by atoms with E-state index >= 15 is 0 Å². The van der Waals surface area contributed by atoms with Gasteiger partial charge in [-0.1, -0.05) is 57.2 Å². The first kappa shape index (κ1) is 38.8. The fraction of sp³-hybridized carbons (Fsp3) is 0.474. The van der Waals surface area contributed by atoms with Gasteiger partial charge in [-0.15, -0.1) is 6.58 Å². The summed E-state index contributed by atoms with van der Waals surface area (Å²) in [5, 5.41) is 1.46. The van der Waals surface area contributed by atoms with E-state index in [-0.39, 0.29) is 19.4 Å². The van der Waals surface area contributed by atoms with Crippen molar-refractivity contribution in [3.05, 3.63) is 67.3 Å². The lowest BCUT2D eigenvalue weighted by molar-refractivity contribution is -0.145. The number of likely N-dealkylation sites (N-methyl/N-ethyl adjacent to an activating group) is 1. The minimum Gasteiger partial charge on any atom is -0.497 e. The molecule has 5 atom stereocenters. The number of amides is 3. The number of ether oxygens (including phenoxy) is 3. The monoisotopic (exact) mass is 736 g/mol. The summed E-state index contributed by atoms with van der Waals surface area (Å²) in [6, 6.07) is 14.5. The molecule has 1 aromatic heterocycles. The standard InChI is InChI=1S/C38H49N4O9P/c1-10-24-21-38(24,52(46,47)48)40-33(43)30-19-26(22-42(30)34(44)32(36(2,3)4)41(8)35(45)51-37(5,6)7)50-31-20-28(23-14-12-11-13-15-23)39-29-18-25(49-9)16-17-27(29)31/h10-18,20,24,26,30,32H,1,19,21-22H2,2-9H3,(H,40,43)(H2,46,47,48)/t24?,26-,30+,32-,38?/m1/s1. The van der Waals surface area contributed by atoms with Crippen molar-refractivity contribution >= 4 is 36.4 Å². The zero-order chi connectivity index (χ0) is 38.4. The molecule has 1 saturated carbocycles. The fourth-order valence-corrected chi connectivity index (χ4v) is 8.06. The largest absolute Gasteiger partial charge is 0.497 e. The van der Waals surface area contributed by atoms with Gasteiger partial charge in [-0.05, 0) is 44.7 Å². The summed E-state index contributed by atoms with van der Waals surface area (Å²) in [6.07, 6.45) is -0.0333. The number of fused-ring (bicyclic) bond motifs is 1. The molecule has 2 fully saturated rings. The number of carbonyl (C=O) groups is 3. The average Bonchev–Trinajstić information content (AvgIpc) is 3.63. The van der Waals surface area contributed by atoms with Crippen molar-refractivity contribution in [2.24, 2.45) is 11.3 Å². The van der Waals surface area contributed by atoms with Crippen molar-refractivity contribution in [1.29, 1.82) is 0 Å². The molecule has 280 valence electrons. The molecule has 2 aliphatic rings. The van der Waals surface area contributed by atoms with E-state index in [1.807, 2.05) is 36.4 Å². The van der Waals surface area contributed by atoms with Crippen molar-refractivity contribution in [2.45, 2.75) is 83.5 Å². The Morgan fingerprint density at radius 3 is 2.33 bits per heavy atom. The van der Waals surface area contributed by atoms with Gasteiger partial charge in [0, 0.05) is 42.5 Å². The first-order valence-electron chi connectivity index (χ1n) is 17.2. The van der Waals surface area contributed by atoms with E-state index in [9.17, 15) is 28.7 Å². The van der Waals surface area contributed by atoms with E-state index in [1.54, 1.807) is 66.9 Å². The number of hydrogen-bond donors (Lipinski definition) is 3. The number of hydrogen-bond acceptors (Lipinski definition) is 8. The topological polar surface area (TPSA) is 168 Å². The lowest BCUT2D eigenvalue weighted by Gasteiger charge is -2.40. The number of rotatable bonds is 10. The fourth-order valence-electron chi connectivity index (χ4n) is 6.83. The van der Waals surface area contributed by atoms with E-state index in [4.69, 9.17) is 19.2 Å². The Hall–Kier alpha value is -4.45. The smallest absolute Gasteiger partial charge is 0.410 e. The zero-order valence-corrected chi connectivity index (χ0v) is 31.8. The van der Waals surface area contributed by atoms with Gasteiger partial charge in [0.25, 0.3) is 0 Å². The molecular formula is C38H49N4O9P. The maximum absolute atomic E-state index is 14.7. The Balaban J connectivity index is 1.54. The summed E-state index contributed by atoms with van der Waals surface area (Å²) < 4.78 is 30.4. The molecule has 1 aliphatic carbocycles. The number of methoxy groups -OCH3 is 1. The summed E-state index contributed by atoms with van der Waals surface area (Å²) in [7, 11) is -1.78. The number of benzene rings is 2. The van der Waals surface area contributed by atoms with Crippen LogP contribution in [0.5, 0.6) is 11.5 Å². The highest BCUT2D eigenvalue weighted by Gasteiger charge is 2.66. The van der Waals surface area contributed by atoms with Gasteiger partial charge in [-0.25, -0.2) is 9.78 Å². The third-order valence-electron chi connectivity index (χ3n) is 9.44. The molecule has 14 heteroatoms. The second-order valence-corrected chi connectivity index (χ2v) is 17.5. The van der Waals surface area contributed by atoms with Crippen LogP contribution in [0.2, 0.25) is 0 Å². The number of nitrogens with one attached hydrogen (secondary N) is 1. The van der Waals surface area contributed by atoms with Crippen LogP contribution in [0.4, 0.5) is 4.79 Å². The Labute approximate surface area is 304 Å². The molecule has 3 N–H and O–H groups in total. The van der Waals surface area contributed by atoms with Crippen molar-refractivity contribution < 1.29 is 42.9 Å². The second-order valence-electron chi connectivity index (χ2n) is 15.6. The van der Waals surface area contributed by atoms with Crippen LogP contribution >= 0.6 is 7.60 Å². The molecule has 2 unspecified atom stereocenters. The van der Waals surface area contributed by atoms with Gasteiger partial charge in [0.05, 0.1) is 24.9 Å². The highest BCUT2D eigenvalue weighted by Crippen LogP contribution is 2.67. The molecule has 0 radical (unpaired) electrons. The normalized spacial score (nSPS) is 22.3. The van der Waals surface area contributed by atoms with Crippen molar-refractivity contribution in [2.75, 3.05) is 20.7 Å². The van der Waals surface area contributed by atoms with Gasteiger partial charge < -0.3 is 34.2 Å². The van der Waals surface area contributed by atoms with Crippen LogP contribution in [0.1, 0.15) is 54.4 Å². The first-order chi connectivity index (χ1) is 24.2. The third kappa shape index (κ3) is 7.96. The average molecular weight is 737 g/mol. The molecule has 3 aromatic rings. The van der Waals surface area contributed by atoms with E-state index in [1.165, 1.54) is 22.9 Å². The minimum absolute atomic E-state index is 0.00121. The Morgan fingerprint density at radius 1 is 1.10 bits per heavy atom. The summed E-state index contributed by atoms with van der Waals surface area (Å²) >= 11 is 0. The van der Waals surface area contributed by atoms with Crippen LogP contribution in [-0.2, 0) is 18.9 Å². The number of carbonyl (C=O) groups excluding carboxylic acids is 3. The predicted molar refractivity (Wildman–Crippen MR) is 197 cm³/mol. The maximum atomic E-state index is 14.7. The molecule has 3 amide bonds. The molecule has 0 bridgehead atoms. The van der Waals surface area contributed by atoms with Crippen LogP contribution in [-0.4, -0.2) is 92.2 Å². The lowest BCUT2D eigenvalue weighted by Crippen LogP contribution is -2.59. The minimum atomic E-state index is -4.83. The molecule has 1 aliphatic heterocycles. The summed E-state index contributed by atoms with van der Waals surface area (Å²) in [5.41, 5.74) is 0.446. The van der Waals surface area contributed by atoms with Crippen molar-refractivity contribution in [1.82, 2.24) is 20.1 Å². The van der Waals surface area contributed by atoms with Gasteiger partial charge in [0.2, 0.25) is 11.8 Å². The SMILES string of the molecule is C=CC1CC1(NC(=O)[C@@H]1C[C@@H](Oc2cc(-c3ccccc3)nc3cc(OC)ccc23)CN1C(=O)[C@@H](N(C)C(=O)OC(C)(C)C)C(C)(C)C)P(=O)(O)O. The van der Waals surface area contributed by atoms with Gasteiger partial charge in [0.1, 0.15) is 40.6 Å². The lowest BCUT2D eigenvalue weighted by atomic mass is 9.84. The quantitative estimate of drug-likeness (QED) is 0.173. The summed E-state index contributed by atoms with van der Waals surface area (Å²) in [5.74, 6) is -0.864. The van der Waals surface area contributed by atoms with Crippen LogP contribution < -0.4 is 14.8 Å². The Morgan fingerprint density at radius 2 is 1.77 bits per heavy atom. The number of pyridine rings is 1. The molecule has 2 aromatic carbocycles. The molecule has 13 nitrogen and oxygen atoms in total. The molecule has 0 spiro atoms. The number of nitrogens with zero attached hydrogens (tertiary/aromatic N) is 3. The Bertz CT molecular complexity index is 1900. The maximum Gasteiger partial charge on any atom is 0.410 e. The molecule has 2 heterocycles. The molecular weight excluding hydrogens is 687 g/mol. The highest BCUT2D eigenvalue weighted by atomic mass is 31.2. The first-order valence-corrected chi connectivity index (χ1v) is 18.8. The van der Waals surface area contributed by atoms with Gasteiger partial charge in [-0.2, -0.15) is 0 Å². The van der Waals surface area contributed by atoms with Crippen LogP contribution in [0.3, 0.4) is 0 Å². The van der Waals surface area contributed by atoms with Crippen LogP contribution in [0.15, 0.2) is 67.3 Å². The van der Waals surface area contributed by atoms with E-state index < -0.39 is 65.9 Å². The molecule has 52 heavy (non-hydrogen) atoms. The van der Waals surface area contributed by atoms with E-state index in [0.29, 0.717) is 28.1 Å². The van der Waals surface area contributed by atoms with Crippen molar-refractivity contribution in [3.8, 4) is 22.8 Å². The summed E-state index contributed by atoms with van der Waals surface area (Å²) in [6.45, 7) is 14.2. The Kier molecular flexibility index (Phi) is 10.6. The summed E-state index contributed by atoms with van der Waals surface area (Å²) in [4.78, 5) is 70.1. The third-order valence-corrected chi connectivity index (χ3v) is 11.1. The molecule has 5 rings (SSSR count). The molecule has 1 saturated heterocycles. The van der Waals surface area contributed by atoms with E-state index in [2.05, 4.69) is 11.9 Å². The highest BCUT2D eigenvalue weighted by molar-refractivity contribution is 7.54. The van der Waals surface area contributed by atoms with E-state index in [0.717, 1.165) is 5.56 Å². The van der Waals surface area contributed by atoms with Gasteiger partial charge in [-0.3, -0.25) is 19.1 Å². The number of aromatic nitrogens is 1.